The van der Waals surface area contributed by atoms with Gasteiger partial charge in [-0.3, -0.25) is 9.36 Å². The van der Waals surface area contributed by atoms with Crippen LogP contribution in [0, 0.1) is 13.8 Å². The molecular weight excluding hydrogens is 593 g/mol. The molecule has 2 aromatic carbocycles. The minimum atomic E-state index is -0.763. The molecule has 7 nitrogen and oxygen atoms in total. The summed E-state index contributed by atoms with van der Waals surface area (Å²) in [6.07, 6.45) is 1.76. The summed E-state index contributed by atoms with van der Waals surface area (Å²) in [6, 6.07) is 14.2. The maximum Gasteiger partial charge on any atom is 0.338 e. The second kappa shape index (κ2) is 12.0. The molecule has 42 heavy (non-hydrogen) atoms. The maximum atomic E-state index is 14.2. The monoisotopic (exact) mass is 623 g/mol. The van der Waals surface area contributed by atoms with Crippen molar-refractivity contribution >= 4 is 46.6 Å². The van der Waals surface area contributed by atoms with Crippen LogP contribution in [0.2, 0.25) is 10.0 Å². The molecule has 3 heterocycles. The van der Waals surface area contributed by atoms with Crippen molar-refractivity contribution in [2.75, 3.05) is 6.61 Å². The number of allylic oxidation sites excluding steroid dienone is 1. The van der Waals surface area contributed by atoms with E-state index in [0.717, 1.165) is 22.6 Å². The molecule has 1 aliphatic rings. The zero-order chi connectivity index (χ0) is 30.3. The van der Waals surface area contributed by atoms with E-state index in [9.17, 15) is 9.59 Å². The van der Waals surface area contributed by atoms with E-state index in [1.807, 2.05) is 76.2 Å². The normalized spacial score (nSPS) is 15.2. The van der Waals surface area contributed by atoms with Gasteiger partial charge in [0.25, 0.3) is 5.56 Å². The van der Waals surface area contributed by atoms with Crippen LogP contribution in [-0.4, -0.2) is 27.8 Å². The lowest BCUT2D eigenvalue weighted by atomic mass is 9.95. The fraction of sp³-hybridized carbons (Fsp3) is 0.281. The molecule has 4 aromatic rings. The van der Waals surface area contributed by atoms with Crippen molar-refractivity contribution in [3.63, 3.8) is 0 Å². The first-order chi connectivity index (χ1) is 20.0. The van der Waals surface area contributed by atoms with E-state index < -0.39 is 12.0 Å². The van der Waals surface area contributed by atoms with Crippen LogP contribution in [0.15, 0.2) is 69.6 Å². The summed E-state index contributed by atoms with van der Waals surface area (Å²) in [6.45, 7) is 11.6. The molecule has 0 fully saturated rings. The molecule has 10 heteroatoms. The van der Waals surface area contributed by atoms with Gasteiger partial charge in [-0.15, -0.1) is 0 Å². The number of carbonyl (C=O) groups is 1. The van der Waals surface area contributed by atoms with E-state index in [1.165, 1.54) is 11.3 Å². The van der Waals surface area contributed by atoms with Gasteiger partial charge in [0.05, 0.1) is 38.6 Å². The van der Waals surface area contributed by atoms with Crippen molar-refractivity contribution < 1.29 is 14.3 Å². The number of carbonyl (C=O) groups excluding carboxylic acids is 1. The number of nitrogens with zero attached hydrogens (tertiary/aromatic N) is 3. The molecule has 0 spiro atoms. The summed E-state index contributed by atoms with van der Waals surface area (Å²) >= 11 is 13.7. The van der Waals surface area contributed by atoms with Gasteiger partial charge in [0.15, 0.2) is 4.80 Å². The van der Waals surface area contributed by atoms with Gasteiger partial charge in [-0.05, 0) is 83.5 Å². The number of hydrogen-bond acceptors (Lipinski definition) is 6. The average molecular weight is 625 g/mol. The van der Waals surface area contributed by atoms with Crippen molar-refractivity contribution in [3.05, 3.63) is 112 Å². The first kappa shape index (κ1) is 29.9. The van der Waals surface area contributed by atoms with E-state index in [-0.39, 0.29) is 18.3 Å². The lowest BCUT2D eigenvalue weighted by Crippen LogP contribution is -2.40. The number of rotatable bonds is 7. The van der Waals surface area contributed by atoms with Crippen molar-refractivity contribution in [1.82, 2.24) is 9.13 Å². The van der Waals surface area contributed by atoms with Gasteiger partial charge in [0.1, 0.15) is 11.8 Å². The van der Waals surface area contributed by atoms with Crippen molar-refractivity contribution in [2.24, 2.45) is 4.99 Å². The number of esters is 1. The summed E-state index contributed by atoms with van der Waals surface area (Å²) in [7, 11) is 0. The smallest absolute Gasteiger partial charge is 0.338 e. The molecule has 0 saturated heterocycles. The van der Waals surface area contributed by atoms with Gasteiger partial charge in [0, 0.05) is 22.6 Å². The Balaban J connectivity index is 1.71. The first-order valence-electron chi connectivity index (χ1n) is 13.6. The highest BCUT2D eigenvalue weighted by Gasteiger charge is 2.35. The lowest BCUT2D eigenvalue weighted by Gasteiger charge is -2.26. The van der Waals surface area contributed by atoms with Crippen LogP contribution in [-0.2, 0) is 9.53 Å². The minimum Gasteiger partial charge on any atom is -0.491 e. The summed E-state index contributed by atoms with van der Waals surface area (Å²) < 4.78 is 15.7. The van der Waals surface area contributed by atoms with Crippen LogP contribution < -0.4 is 19.6 Å². The van der Waals surface area contributed by atoms with Gasteiger partial charge in [-0.2, -0.15) is 0 Å². The number of aryl methyl sites for hydroxylation is 1. The molecule has 1 aliphatic heterocycles. The molecule has 5 rings (SSSR count). The number of fused-ring (bicyclic) bond motifs is 1. The van der Waals surface area contributed by atoms with Crippen LogP contribution in [0.25, 0.3) is 11.8 Å². The second-order valence-corrected chi connectivity index (χ2v) is 12.1. The molecule has 0 aliphatic carbocycles. The maximum absolute atomic E-state index is 14.2. The van der Waals surface area contributed by atoms with Gasteiger partial charge < -0.3 is 14.0 Å². The third-order valence-electron chi connectivity index (χ3n) is 7.01. The van der Waals surface area contributed by atoms with Crippen molar-refractivity contribution in [2.45, 2.75) is 53.7 Å². The van der Waals surface area contributed by atoms with E-state index in [1.54, 1.807) is 24.5 Å². The largest absolute Gasteiger partial charge is 0.491 e. The van der Waals surface area contributed by atoms with Crippen LogP contribution in [0.1, 0.15) is 56.3 Å². The van der Waals surface area contributed by atoms with E-state index in [0.29, 0.717) is 42.0 Å². The molecule has 1 unspecified atom stereocenters. The Hall–Kier alpha value is -3.59. The van der Waals surface area contributed by atoms with Crippen LogP contribution in [0.3, 0.4) is 0 Å². The quantitative estimate of drug-likeness (QED) is 0.226. The molecule has 0 saturated carbocycles. The molecule has 1 atom stereocenters. The van der Waals surface area contributed by atoms with E-state index in [2.05, 4.69) is 4.57 Å². The Labute approximate surface area is 258 Å². The second-order valence-electron chi connectivity index (χ2n) is 10.3. The Kier molecular flexibility index (Phi) is 8.51. The number of para-hydroxylation sites is 1. The zero-order valence-electron chi connectivity index (χ0n) is 24.2. The third-order valence-corrected chi connectivity index (χ3v) is 8.73. The Morgan fingerprint density at radius 1 is 1.10 bits per heavy atom. The topological polar surface area (TPSA) is 74.8 Å². The predicted molar refractivity (Wildman–Crippen MR) is 168 cm³/mol. The summed E-state index contributed by atoms with van der Waals surface area (Å²) in [4.78, 5) is 32.6. The average Bonchev–Trinajstić information content (AvgIpc) is 3.39. The highest BCUT2D eigenvalue weighted by Crippen LogP contribution is 2.36. The number of aromatic nitrogens is 2. The fourth-order valence-electron chi connectivity index (χ4n) is 5.25. The molecule has 0 N–H and O–H groups in total. The summed E-state index contributed by atoms with van der Waals surface area (Å²) in [5.74, 6) is 0.0799. The molecule has 0 bridgehead atoms. The van der Waals surface area contributed by atoms with Gasteiger partial charge in [0.2, 0.25) is 0 Å². The Morgan fingerprint density at radius 3 is 2.52 bits per heavy atom. The summed E-state index contributed by atoms with van der Waals surface area (Å²) in [5, 5.41) is 0.947. The van der Waals surface area contributed by atoms with Crippen molar-refractivity contribution in [3.8, 4) is 11.4 Å². The first-order valence-corrected chi connectivity index (χ1v) is 15.2. The van der Waals surface area contributed by atoms with Gasteiger partial charge in [-0.1, -0.05) is 52.7 Å². The predicted octanol–water partition coefficient (Wildman–Crippen LogP) is 6.30. The Bertz CT molecular complexity index is 1920. The van der Waals surface area contributed by atoms with Gasteiger partial charge >= 0.3 is 5.97 Å². The molecule has 0 amide bonds. The number of ether oxygens (including phenoxy) is 2. The van der Waals surface area contributed by atoms with Crippen molar-refractivity contribution in [1.29, 1.82) is 0 Å². The molecular formula is C32H31Cl2N3O4S. The van der Waals surface area contributed by atoms with Gasteiger partial charge in [-0.25, -0.2) is 9.79 Å². The van der Waals surface area contributed by atoms with Crippen LogP contribution >= 0.6 is 34.5 Å². The Morgan fingerprint density at radius 2 is 1.83 bits per heavy atom. The lowest BCUT2D eigenvalue weighted by molar-refractivity contribution is -0.139. The molecule has 218 valence electrons. The zero-order valence-corrected chi connectivity index (χ0v) is 26.5. The number of thiazole rings is 1. The number of halogens is 2. The summed E-state index contributed by atoms with van der Waals surface area (Å²) in [5.41, 5.74) is 4.92. The molecule has 0 radical (unpaired) electrons. The minimum absolute atomic E-state index is 0.108. The SMILES string of the molecule is CCOC(=O)C1=C(C)N=c2s/c(=C\c3cc(C)n(-c4ccc(Cl)c(Cl)c4)c3C)c(=O)n2C1c1ccccc1OC(C)C. The highest BCUT2D eigenvalue weighted by molar-refractivity contribution is 7.07. The number of hydrogen-bond donors (Lipinski definition) is 0. The van der Waals surface area contributed by atoms with Crippen LogP contribution in [0.4, 0.5) is 0 Å². The number of benzene rings is 2. The standard InChI is InChI=1S/C32H31Cl2N3O4S/c1-7-40-31(39)28-19(5)35-32-37(29(28)23-10-8-9-11-26(23)41-17(2)3)30(38)27(42-32)15-21-14-18(4)36(20(21)6)22-12-13-24(33)25(34)16-22/h8-17,29H,7H2,1-6H3/b27-15-. The third kappa shape index (κ3) is 5.46. The van der Waals surface area contributed by atoms with E-state index >= 15 is 0 Å². The fourth-order valence-corrected chi connectivity index (χ4v) is 6.58. The molecule has 2 aromatic heterocycles. The highest BCUT2D eigenvalue weighted by atomic mass is 35.5. The van der Waals surface area contributed by atoms with E-state index in [4.69, 9.17) is 37.7 Å². The van der Waals surface area contributed by atoms with Crippen LogP contribution in [0.5, 0.6) is 5.75 Å².